The maximum absolute atomic E-state index is 12.3. The van der Waals surface area contributed by atoms with Gasteiger partial charge in [0.05, 0.1) is 11.1 Å². The molecular formula is C19H26N2O5. The summed E-state index contributed by atoms with van der Waals surface area (Å²) in [7, 11) is 0. The number of carbonyl (C=O) groups is 2. The van der Waals surface area contributed by atoms with Crippen molar-refractivity contribution in [2.75, 3.05) is 32.8 Å². The molecule has 1 N–H and O–H groups in total. The summed E-state index contributed by atoms with van der Waals surface area (Å²) >= 11 is 0. The number of amides is 1. The van der Waals surface area contributed by atoms with Gasteiger partial charge in [-0.3, -0.25) is 9.69 Å². The molecule has 2 heterocycles. The Morgan fingerprint density at radius 3 is 2.73 bits per heavy atom. The predicted molar refractivity (Wildman–Crippen MR) is 95.6 cm³/mol. The summed E-state index contributed by atoms with van der Waals surface area (Å²) in [4.78, 5) is 28.0. The third kappa shape index (κ3) is 4.09. The van der Waals surface area contributed by atoms with E-state index >= 15 is 0 Å². The van der Waals surface area contributed by atoms with Crippen LogP contribution in [0, 0.1) is 0 Å². The number of hydrogen-bond acceptors (Lipinski definition) is 6. The number of aromatic hydroxyl groups is 1. The van der Waals surface area contributed by atoms with E-state index < -0.39 is 5.60 Å². The highest BCUT2D eigenvalue weighted by Crippen LogP contribution is 2.36. The molecule has 7 heteroatoms. The van der Waals surface area contributed by atoms with Crippen LogP contribution in [0.25, 0.3) is 0 Å². The second-order valence-corrected chi connectivity index (χ2v) is 7.75. The van der Waals surface area contributed by atoms with Crippen molar-refractivity contribution in [2.45, 2.75) is 39.3 Å². The van der Waals surface area contributed by atoms with E-state index in [9.17, 15) is 14.7 Å². The van der Waals surface area contributed by atoms with Crippen molar-refractivity contribution >= 4 is 11.9 Å². The minimum absolute atomic E-state index is 0.0260. The number of rotatable bonds is 2. The van der Waals surface area contributed by atoms with Gasteiger partial charge in [-0.05, 0) is 39.3 Å². The third-order valence-electron chi connectivity index (χ3n) is 4.51. The number of phenols is 1. The summed E-state index contributed by atoms with van der Waals surface area (Å²) in [6, 6.07) is 3.15. The van der Waals surface area contributed by atoms with Crippen LogP contribution in [-0.2, 0) is 11.3 Å². The first-order chi connectivity index (χ1) is 12.2. The van der Waals surface area contributed by atoms with Crippen LogP contribution in [0.4, 0.5) is 4.79 Å². The number of ether oxygens (including phenoxy) is 2. The number of benzene rings is 1. The molecule has 1 saturated heterocycles. The molecule has 0 saturated carbocycles. The number of hydrogen-bond donors (Lipinski definition) is 1. The first-order valence-electron chi connectivity index (χ1n) is 8.96. The van der Waals surface area contributed by atoms with Gasteiger partial charge in [-0.2, -0.15) is 0 Å². The smallest absolute Gasteiger partial charge is 0.410 e. The van der Waals surface area contributed by atoms with Crippen molar-refractivity contribution in [3.05, 3.63) is 23.3 Å². The van der Waals surface area contributed by atoms with Crippen molar-refractivity contribution in [2.24, 2.45) is 0 Å². The number of phenolic OH excluding ortho intramolecular Hbond substituents is 1. The molecule has 1 fully saturated rings. The van der Waals surface area contributed by atoms with Gasteiger partial charge in [-0.25, -0.2) is 4.79 Å². The highest BCUT2D eigenvalue weighted by Gasteiger charge is 2.28. The fourth-order valence-electron chi connectivity index (χ4n) is 3.23. The molecule has 0 aliphatic carbocycles. The van der Waals surface area contributed by atoms with Gasteiger partial charge >= 0.3 is 6.09 Å². The number of nitrogens with zero attached hydrogens (tertiary/aromatic N) is 2. The molecule has 0 spiro atoms. The minimum atomic E-state index is -0.511. The Kier molecular flexibility index (Phi) is 5.09. The van der Waals surface area contributed by atoms with E-state index in [2.05, 4.69) is 4.90 Å². The summed E-state index contributed by atoms with van der Waals surface area (Å²) < 4.78 is 10.9. The Balaban J connectivity index is 1.66. The van der Waals surface area contributed by atoms with Crippen LogP contribution in [0.3, 0.4) is 0 Å². The van der Waals surface area contributed by atoms with Crippen LogP contribution in [0.15, 0.2) is 12.1 Å². The van der Waals surface area contributed by atoms with E-state index in [0.717, 1.165) is 13.0 Å². The fourth-order valence-corrected chi connectivity index (χ4v) is 3.23. The summed E-state index contributed by atoms with van der Waals surface area (Å²) in [6.07, 6.45) is 0.520. The Morgan fingerprint density at radius 2 is 2.00 bits per heavy atom. The molecule has 0 bridgehead atoms. The van der Waals surface area contributed by atoms with Gasteiger partial charge in [0.1, 0.15) is 17.1 Å². The predicted octanol–water partition coefficient (Wildman–Crippen LogP) is 2.41. The van der Waals surface area contributed by atoms with Gasteiger partial charge in [0.15, 0.2) is 6.61 Å². The van der Waals surface area contributed by atoms with Crippen molar-refractivity contribution in [3.8, 4) is 11.5 Å². The average Bonchev–Trinajstić information content (AvgIpc) is 2.78. The summed E-state index contributed by atoms with van der Waals surface area (Å²) in [5.41, 5.74) is 0.658. The standard InChI is InChI=1S/C19H26N2O5/c1-19(2,3)26-18(24)21-8-4-7-20(9-10-21)11-14-15(22)6-5-13-16(23)12-25-17(13)14/h5-6,22H,4,7-12H2,1-3H3. The molecule has 1 aromatic carbocycles. The second kappa shape index (κ2) is 7.15. The number of fused-ring (bicyclic) bond motifs is 1. The van der Waals surface area contributed by atoms with E-state index in [1.165, 1.54) is 0 Å². The van der Waals surface area contributed by atoms with Gasteiger partial charge in [0.2, 0.25) is 5.78 Å². The van der Waals surface area contributed by atoms with Crippen LogP contribution in [0.5, 0.6) is 11.5 Å². The highest BCUT2D eigenvalue weighted by atomic mass is 16.6. The lowest BCUT2D eigenvalue weighted by atomic mass is 10.1. The zero-order chi connectivity index (χ0) is 18.9. The van der Waals surface area contributed by atoms with E-state index in [-0.39, 0.29) is 24.2 Å². The topological polar surface area (TPSA) is 79.3 Å². The summed E-state index contributed by atoms with van der Waals surface area (Å²) in [6.45, 7) is 8.72. The molecule has 1 amide bonds. The van der Waals surface area contributed by atoms with Crippen LogP contribution in [-0.4, -0.2) is 65.2 Å². The van der Waals surface area contributed by atoms with Crippen molar-refractivity contribution in [1.82, 2.24) is 9.80 Å². The van der Waals surface area contributed by atoms with Crippen molar-refractivity contribution in [1.29, 1.82) is 0 Å². The van der Waals surface area contributed by atoms with Gasteiger partial charge < -0.3 is 19.5 Å². The third-order valence-corrected chi connectivity index (χ3v) is 4.51. The molecule has 142 valence electrons. The van der Waals surface area contributed by atoms with Gasteiger partial charge in [0.25, 0.3) is 0 Å². The molecule has 0 atom stereocenters. The molecular weight excluding hydrogens is 336 g/mol. The van der Waals surface area contributed by atoms with Crippen LogP contribution >= 0.6 is 0 Å². The summed E-state index contributed by atoms with van der Waals surface area (Å²) in [5.74, 6) is 0.558. The maximum atomic E-state index is 12.3. The molecule has 1 aromatic rings. The number of Topliss-reactive ketones (excluding diaryl/α,β-unsaturated/α-hetero) is 1. The first-order valence-corrected chi connectivity index (χ1v) is 8.96. The lowest BCUT2D eigenvalue weighted by molar-refractivity contribution is 0.0257. The number of ketones is 1. The maximum Gasteiger partial charge on any atom is 0.410 e. The van der Waals surface area contributed by atoms with Crippen LogP contribution < -0.4 is 4.74 Å². The Labute approximate surface area is 153 Å². The zero-order valence-corrected chi connectivity index (χ0v) is 15.6. The van der Waals surface area contributed by atoms with E-state index in [0.29, 0.717) is 43.1 Å². The molecule has 7 nitrogen and oxygen atoms in total. The average molecular weight is 362 g/mol. The van der Waals surface area contributed by atoms with E-state index in [1.807, 2.05) is 20.8 Å². The van der Waals surface area contributed by atoms with Crippen LogP contribution in [0.2, 0.25) is 0 Å². The lowest BCUT2D eigenvalue weighted by Gasteiger charge is -2.26. The fraction of sp³-hybridized carbons (Fsp3) is 0.579. The number of carbonyl (C=O) groups excluding carboxylic acids is 2. The van der Waals surface area contributed by atoms with Gasteiger partial charge in [-0.1, -0.05) is 0 Å². The molecule has 0 unspecified atom stereocenters. The minimum Gasteiger partial charge on any atom is -0.507 e. The van der Waals surface area contributed by atoms with Crippen molar-refractivity contribution in [3.63, 3.8) is 0 Å². The SMILES string of the molecule is CC(C)(C)OC(=O)N1CCCN(Cc2c(O)ccc3c2OCC3=O)CC1. The molecule has 0 radical (unpaired) electrons. The van der Waals surface area contributed by atoms with E-state index in [1.54, 1.807) is 17.0 Å². The second-order valence-electron chi connectivity index (χ2n) is 7.75. The molecule has 2 aliphatic rings. The molecule has 2 aliphatic heterocycles. The molecule has 0 aromatic heterocycles. The largest absolute Gasteiger partial charge is 0.507 e. The lowest BCUT2D eigenvalue weighted by Crippen LogP contribution is -2.39. The van der Waals surface area contributed by atoms with Gasteiger partial charge in [-0.15, -0.1) is 0 Å². The van der Waals surface area contributed by atoms with Crippen molar-refractivity contribution < 1.29 is 24.2 Å². The Bertz CT molecular complexity index is 711. The quantitative estimate of drug-likeness (QED) is 0.870. The summed E-state index contributed by atoms with van der Waals surface area (Å²) in [5, 5.41) is 10.2. The first kappa shape index (κ1) is 18.5. The Hall–Kier alpha value is -2.28. The van der Waals surface area contributed by atoms with E-state index in [4.69, 9.17) is 9.47 Å². The monoisotopic (exact) mass is 362 g/mol. The Morgan fingerprint density at radius 1 is 1.23 bits per heavy atom. The molecule has 3 rings (SSSR count). The van der Waals surface area contributed by atoms with Crippen LogP contribution in [0.1, 0.15) is 43.1 Å². The molecule has 26 heavy (non-hydrogen) atoms. The highest BCUT2D eigenvalue weighted by molar-refractivity contribution is 6.02. The zero-order valence-electron chi connectivity index (χ0n) is 15.6. The normalized spacial score (nSPS) is 18.3. The van der Waals surface area contributed by atoms with Gasteiger partial charge in [0, 0.05) is 32.7 Å².